The molecule has 1 N–H and O–H groups in total. The van der Waals surface area contributed by atoms with Crippen molar-refractivity contribution in [2.75, 3.05) is 31.5 Å². The van der Waals surface area contributed by atoms with Crippen molar-refractivity contribution < 1.29 is 4.39 Å². The lowest BCUT2D eigenvalue weighted by molar-refractivity contribution is 0.352. The lowest BCUT2D eigenvalue weighted by Crippen LogP contribution is -2.26. The maximum absolute atomic E-state index is 14.5. The average Bonchev–Trinajstić information content (AvgIpc) is 3.29. The molecule has 0 spiro atoms. The average molecular weight is 349 g/mol. The van der Waals surface area contributed by atoms with Gasteiger partial charge >= 0.3 is 0 Å². The van der Waals surface area contributed by atoms with Crippen molar-refractivity contribution in [3.63, 3.8) is 0 Å². The molecule has 0 radical (unpaired) electrons. The normalized spacial score (nSPS) is 15.4. The van der Waals surface area contributed by atoms with Crippen molar-refractivity contribution in [3.8, 4) is 0 Å². The summed E-state index contributed by atoms with van der Waals surface area (Å²) >= 11 is 0. The first kappa shape index (κ1) is 15.5. The summed E-state index contributed by atoms with van der Waals surface area (Å²) in [6.45, 7) is 3.88. The number of rotatable bonds is 4. The summed E-state index contributed by atoms with van der Waals surface area (Å²) in [5.74, 6) is -0.00956. The number of pyridine rings is 2. The molecule has 0 aliphatic carbocycles. The SMILES string of the molecule is Fc1cc2ccc3nc4ccccc4n3c2nc1NCCN1CCCC1. The van der Waals surface area contributed by atoms with Crippen LogP contribution < -0.4 is 5.32 Å². The van der Waals surface area contributed by atoms with E-state index in [1.807, 2.05) is 40.8 Å². The number of imidazole rings is 1. The number of halogens is 1. The molecule has 0 saturated carbocycles. The zero-order valence-corrected chi connectivity index (χ0v) is 14.5. The van der Waals surface area contributed by atoms with E-state index < -0.39 is 0 Å². The second-order valence-electron chi connectivity index (χ2n) is 6.83. The molecule has 0 atom stereocenters. The summed E-state index contributed by atoms with van der Waals surface area (Å²) in [6, 6.07) is 13.3. The van der Waals surface area contributed by atoms with E-state index in [0.717, 1.165) is 47.3 Å². The number of benzene rings is 1. The van der Waals surface area contributed by atoms with E-state index in [1.54, 1.807) is 6.07 Å². The minimum atomic E-state index is -0.317. The molecular weight excluding hydrogens is 329 g/mol. The van der Waals surface area contributed by atoms with Crippen LogP contribution in [0, 0.1) is 5.82 Å². The van der Waals surface area contributed by atoms with Crippen LogP contribution in [0.25, 0.3) is 27.7 Å². The highest BCUT2D eigenvalue weighted by atomic mass is 19.1. The first-order valence-electron chi connectivity index (χ1n) is 9.12. The van der Waals surface area contributed by atoms with Gasteiger partial charge in [-0.25, -0.2) is 14.4 Å². The third kappa shape index (κ3) is 2.57. The van der Waals surface area contributed by atoms with Crippen LogP contribution in [0.3, 0.4) is 0 Å². The molecule has 4 aromatic rings. The van der Waals surface area contributed by atoms with E-state index >= 15 is 0 Å². The molecule has 1 saturated heterocycles. The molecule has 6 heteroatoms. The Kier molecular flexibility index (Phi) is 3.71. The number of nitrogens with one attached hydrogen (secondary N) is 1. The Bertz CT molecular complexity index is 1100. The molecule has 1 fully saturated rings. The number of aromatic nitrogens is 3. The predicted octanol–water partition coefficient (Wildman–Crippen LogP) is 3.68. The van der Waals surface area contributed by atoms with Crippen molar-refractivity contribution in [3.05, 3.63) is 48.3 Å². The number of para-hydroxylation sites is 2. The first-order chi connectivity index (χ1) is 12.8. The quantitative estimate of drug-likeness (QED) is 0.610. The van der Waals surface area contributed by atoms with Gasteiger partial charge in [-0.1, -0.05) is 12.1 Å². The second kappa shape index (κ2) is 6.21. The number of anilines is 1. The van der Waals surface area contributed by atoms with E-state index in [0.29, 0.717) is 12.4 Å². The third-order valence-corrected chi connectivity index (χ3v) is 5.11. The Hall–Kier alpha value is -2.73. The minimum Gasteiger partial charge on any atom is -0.366 e. The van der Waals surface area contributed by atoms with Gasteiger partial charge in [0.2, 0.25) is 0 Å². The number of likely N-dealkylation sites (tertiary alicyclic amines) is 1. The summed E-state index contributed by atoms with van der Waals surface area (Å²) in [5.41, 5.74) is 3.44. The Morgan fingerprint density at radius 1 is 1.04 bits per heavy atom. The van der Waals surface area contributed by atoms with Gasteiger partial charge in [-0.2, -0.15) is 0 Å². The maximum Gasteiger partial charge on any atom is 0.166 e. The molecule has 1 aliphatic rings. The molecule has 0 bridgehead atoms. The van der Waals surface area contributed by atoms with Gasteiger partial charge in [0.05, 0.1) is 11.0 Å². The minimum absolute atomic E-state index is 0.307. The fourth-order valence-corrected chi connectivity index (χ4v) is 3.80. The van der Waals surface area contributed by atoms with Crippen molar-refractivity contribution >= 4 is 33.5 Å². The van der Waals surface area contributed by atoms with Crippen molar-refractivity contribution in [2.24, 2.45) is 0 Å². The van der Waals surface area contributed by atoms with Crippen LogP contribution >= 0.6 is 0 Å². The number of fused-ring (bicyclic) bond motifs is 5. The molecule has 5 rings (SSSR count). The van der Waals surface area contributed by atoms with Crippen LogP contribution in [0.1, 0.15) is 12.8 Å². The van der Waals surface area contributed by atoms with Crippen LogP contribution in [0.4, 0.5) is 10.2 Å². The highest BCUT2D eigenvalue weighted by Crippen LogP contribution is 2.25. The van der Waals surface area contributed by atoms with Gasteiger partial charge in [0.15, 0.2) is 11.6 Å². The molecule has 0 unspecified atom stereocenters. The molecular formula is C20H20FN5. The lowest BCUT2D eigenvalue weighted by atomic mass is 10.2. The topological polar surface area (TPSA) is 45.5 Å². The molecule has 1 aliphatic heterocycles. The van der Waals surface area contributed by atoms with Gasteiger partial charge in [-0.3, -0.25) is 4.40 Å². The number of hydrogen-bond acceptors (Lipinski definition) is 4. The lowest BCUT2D eigenvalue weighted by Gasteiger charge is -2.15. The molecule has 1 aromatic carbocycles. The van der Waals surface area contributed by atoms with Gasteiger partial charge in [0, 0.05) is 18.5 Å². The largest absolute Gasteiger partial charge is 0.366 e. The number of nitrogens with zero attached hydrogens (tertiary/aromatic N) is 4. The van der Waals surface area contributed by atoms with E-state index in [9.17, 15) is 4.39 Å². The van der Waals surface area contributed by atoms with Gasteiger partial charge in [0.25, 0.3) is 0 Å². The third-order valence-electron chi connectivity index (χ3n) is 5.11. The van der Waals surface area contributed by atoms with Crippen LogP contribution in [0.15, 0.2) is 42.5 Å². The molecule has 0 amide bonds. The van der Waals surface area contributed by atoms with E-state index in [2.05, 4.69) is 20.2 Å². The van der Waals surface area contributed by atoms with Crippen LogP contribution in [-0.4, -0.2) is 45.4 Å². The Balaban J connectivity index is 1.56. The molecule has 5 nitrogen and oxygen atoms in total. The van der Waals surface area contributed by atoms with Gasteiger partial charge in [0.1, 0.15) is 11.3 Å². The maximum atomic E-state index is 14.5. The fraction of sp³-hybridized carbons (Fsp3) is 0.300. The first-order valence-corrected chi connectivity index (χ1v) is 9.12. The zero-order valence-electron chi connectivity index (χ0n) is 14.5. The molecule has 132 valence electrons. The summed E-state index contributed by atoms with van der Waals surface area (Å²) in [6.07, 6.45) is 2.52. The van der Waals surface area contributed by atoms with Crippen molar-refractivity contribution in [1.29, 1.82) is 0 Å². The second-order valence-corrected chi connectivity index (χ2v) is 6.83. The highest BCUT2D eigenvalue weighted by molar-refractivity contribution is 5.89. The van der Waals surface area contributed by atoms with E-state index in [4.69, 9.17) is 0 Å². The zero-order chi connectivity index (χ0) is 17.5. The van der Waals surface area contributed by atoms with Gasteiger partial charge in [-0.15, -0.1) is 0 Å². The van der Waals surface area contributed by atoms with E-state index in [-0.39, 0.29) is 5.82 Å². The fourth-order valence-electron chi connectivity index (χ4n) is 3.80. The molecule has 4 heterocycles. The summed E-state index contributed by atoms with van der Waals surface area (Å²) in [5, 5.41) is 3.94. The standard InChI is InChI=1S/C20H20FN5/c21-15-13-14-7-8-18-23-16-5-1-2-6-17(16)26(18)20(14)24-19(15)22-9-12-25-10-3-4-11-25/h1-2,5-8,13H,3-4,9-12H2,(H,22,24). The molecule has 3 aromatic heterocycles. The van der Waals surface area contributed by atoms with Crippen molar-refractivity contribution in [2.45, 2.75) is 12.8 Å². The van der Waals surface area contributed by atoms with Crippen LogP contribution in [0.2, 0.25) is 0 Å². The van der Waals surface area contributed by atoms with Gasteiger partial charge < -0.3 is 10.2 Å². The van der Waals surface area contributed by atoms with Crippen LogP contribution in [-0.2, 0) is 0 Å². The van der Waals surface area contributed by atoms with Crippen LogP contribution in [0.5, 0.6) is 0 Å². The Morgan fingerprint density at radius 3 is 2.77 bits per heavy atom. The Morgan fingerprint density at radius 2 is 1.88 bits per heavy atom. The molecule has 26 heavy (non-hydrogen) atoms. The summed E-state index contributed by atoms with van der Waals surface area (Å²) < 4.78 is 16.5. The van der Waals surface area contributed by atoms with Crippen molar-refractivity contribution in [1.82, 2.24) is 19.3 Å². The predicted molar refractivity (Wildman–Crippen MR) is 102 cm³/mol. The van der Waals surface area contributed by atoms with Gasteiger partial charge in [-0.05, 0) is 56.3 Å². The summed E-state index contributed by atoms with van der Waals surface area (Å²) in [7, 11) is 0. The number of hydrogen-bond donors (Lipinski definition) is 1. The monoisotopic (exact) mass is 349 g/mol. The van der Waals surface area contributed by atoms with E-state index in [1.165, 1.54) is 12.8 Å². The highest BCUT2D eigenvalue weighted by Gasteiger charge is 2.14. The summed E-state index contributed by atoms with van der Waals surface area (Å²) in [4.78, 5) is 11.6. The Labute approximate surface area is 150 Å². The smallest absolute Gasteiger partial charge is 0.166 e.